The van der Waals surface area contributed by atoms with Gasteiger partial charge in [0.05, 0.1) is 24.4 Å². The number of alkyl halides is 3. The minimum absolute atomic E-state index is 0.213. The third kappa shape index (κ3) is 4.95. The van der Waals surface area contributed by atoms with Crippen LogP contribution in [0.3, 0.4) is 0 Å². The van der Waals surface area contributed by atoms with E-state index in [1.54, 1.807) is 0 Å². The highest BCUT2D eigenvalue weighted by atomic mass is 19.4. The van der Waals surface area contributed by atoms with Crippen LogP contribution in [0.5, 0.6) is 5.75 Å². The number of carbonyl (C=O) groups is 1. The Morgan fingerprint density at radius 2 is 1.97 bits per heavy atom. The number of hydrogen-bond donors (Lipinski definition) is 1. The molecule has 162 valence electrons. The average molecular weight is 422 g/mol. The number of amides is 1. The summed E-state index contributed by atoms with van der Waals surface area (Å²) >= 11 is 0. The predicted molar refractivity (Wildman–Crippen MR) is 104 cm³/mol. The number of likely N-dealkylation sites (tertiary alicyclic amines) is 2. The Kier molecular flexibility index (Phi) is 5.99. The van der Waals surface area contributed by atoms with Crippen LogP contribution in [0.1, 0.15) is 35.7 Å². The Balaban J connectivity index is 1.22. The molecule has 1 unspecified atom stereocenters. The lowest BCUT2D eigenvalue weighted by molar-refractivity contribution is -0.137. The van der Waals surface area contributed by atoms with Crippen LogP contribution in [-0.4, -0.2) is 65.2 Å². The van der Waals surface area contributed by atoms with Crippen molar-refractivity contribution < 1.29 is 22.7 Å². The lowest BCUT2D eigenvalue weighted by atomic mass is 10.0. The molecule has 1 amide bonds. The molecule has 2 aliphatic rings. The zero-order valence-electron chi connectivity index (χ0n) is 16.6. The van der Waals surface area contributed by atoms with Gasteiger partial charge >= 0.3 is 6.18 Å². The summed E-state index contributed by atoms with van der Waals surface area (Å²) in [6.45, 7) is 4.30. The number of H-pyrrole nitrogens is 1. The molecule has 9 heteroatoms. The van der Waals surface area contributed by atoms with Crippen LogP contribution in [0, 0.1) is 0 Å². The predicted octanol–water partition coefficient (Wildman–Crippen LogP) is 3.07. The van der Waals surface area contributed by atoms with E-state index in [0.29, 0.717) is 31.2 Å². The second kappa shape index (κ2) is 8.67. The van der Waals surface area contributed by atoms with E-state index in [2.05, 4.69) is 15.1 Å². The van der Waals surface area contributed by atoms with E-state index < -0.39 is 11.7 Å². The summed E-state index contributed by atoms with van der Waals surface area (Å²) in [6.07, 6.45) is -1.69. The maximum Gasteiger partial charge on any atom is 0.416 e. The number of rotatable bonds is 7. The van der Waals surface area contributed by atoms with E-state index in [1.165, 1.54) is 12.1 Å². The van der Waals surface area contributed by atoms with Crippen LogP contribution in [0.15, 0.2) is 30.3 Å². The van der Waals surface area contributed by atoms with E-state index in [-0.39, 0.29) is 5.91 Å². The lowest BCUT2D eigenvalue weighted by Crippen LogP contribution is -2.46. The van der Waals surface area contributed by atoms with E-state index in [9.17, 15) is 18.0 Å². The summed E-state index contributed by atoms with van der Waals surface area (Å²) in [7, 11) is 0. The molecule has 2 saturated heterocycles. The topological polar surface area (TPSA) is 61.5 Å². The van der Waals surface area contributed by atoms with Gasteiger partial charge in [-0.05, 0) is 49.7 Å². The molecule has 0 spiro atoms. The summed E-state index contributed by atoms with van der Waals surface area (Å²) in [5.41, 5.74) is 1.22. The first-order chi connectivity index (χ1) is 14.4. The molecule has 1 N–H and O–H groups in total. The Morgan fingerprint density at radius 1 is 1.20 bits per heavy atom. The minimum Gasteiger partial charge on any atom is -0.493 e. The molecule has 2 aromatic rings. The number of nitrogens with one attached hydrogen (secondary N) is 1. The monoisotopic (exact) mass is 422 g/mol. The van der Waals surface area contributed by atoms with Gasteiger partial charge in [0.2, 0.25) is 5.91 Å². The van der Waals surface area contributed by atoms with Crippen molar-refractivity contribution in [2.24, 2.45) is 0 Å². The van der Waals surface area contributed by atoms with Gasteiger partial charge in [-0.3, -0.25) is 14.8 Å². The highest BCUT2D eigenvalue weighted by molar-refractivity contribution is 5.79. The number of carbonyl (C=O) groups excluding carboxylic acids is 1. The van der Waals surface area contributed by atoms with Crippen LogP contribution in [0.4, 0.5) is 13.2 Å². The van der Waals surface area contributed by atoms with Gasteiger partial charge in [-0.2, -0.15) is 18.3 Å². The molecule has 30 heavy (non-hydrogen) atoms. The summed E-state index contributed by atoms with van der Waals surface area (Å²) in [5.74, 6) is 0.918. The largest absolute Gasteiger partial charge is 0.493 e. The normalized spacial score (nSPS) is 19.7. The molecule has 2 aliphatic heterocycles. The first-order valence-corrected chi connectivity index (χ1v) is 10.2. The fourth-order valence-electron chi connectivity index (χ4n) is 3.81. The second-order valence-electron chi connectivity index (χ2n) is 7.89. The molecule has 6 nitrogen and oxygen atoms in total. The first-order valence-electron chi connectivity index (χ1n) is 10.2. The van der Waals surface area contributed by atoms with Gasteiger partial charge in [0.25, 0.3) is 0 Å². The SMILES string of the molecule is O=C(CN1CCC(c2cc(CCOc3ccc(C(F)(F)F)cc3)[nH]n2)C1)N1CCC1. The number of aromatic amines is 1. The molecule has 1 aromatic heterocycles. The van der Waals surface area contributed by atoms with Gasteiger partial charge in [0.1, 0.15) is 5.75 Å². The summed E-state index contributed by atoms with van der Waals surface area (Å²) in [6, 6.07) is 6.71. The van der Waals surface area contributed by atoms with E-state index in [4.69, 9.17) is 4.74 Å². The number of aromatic nitrogens is 2. The molecular weight excluding hydrogens is 397 g/mol. The van der Waals surface area contributed by atoms with Gasteiger partial charge in [0, 0.05) is 37.7 Å². The van der Waals surface area contributed by atoms with Crippen molar-refractivity contribution in [2.75, 3.05) is 39.3 Å². The average Bonchev–Trinajstić information content (AvgIpc) is 3.29. The number of halogens is 3. The maximum absolute atomic E-state index is 12.6. The lowest BCUT2D eigenvalue weighted by Gasteiger charge is -2.32. The van der Waals surface area contributed by atoms with Crippen LogP contribution in [0.2, 0.25) is 0 Å². The summed E-state index contributed by atoms with van der Waals surface area (Å²) in [5, 5.41) is 7.43. The van der Waals surface area contributed by atoms with Gasteiger partial charge in [-0.1, -0.05) is 0 Å². The molecule has 3 heterocycles. The highest BCUT2D eigenvalue weighted by Gasteiger charge is 2.30. The Labute approximate surface area is 173 Å². The van der Waals surface area contributed by atoms with Crippen molar-refractivity contribution in [1.29, 1.82) is 0 Å². The van der Waals surface area contributed by atoms with Crippen LogP contribution < -0.4 is 4.74 Å². The fourth-order valence-corrected chi connectivity index (χ4v) is 3.81. The molecule has 4 rings (SSSR count). The fraction of sp³-hybridized carbons (Fsp3) is 0.524. The first kappa shape index (κ1) is 20.7. The molecule has 1 atom stereocenters. The number of hydrogen-bond acceptors (Lipinski definition) is 4. The Bertz CT molecular complexity index is 862. The molecule has 0 saturated carbocycles. The second-order valence-corrected chi connectivity index (χ2v) is 7.89. The third-order valence-electron chi connectivity index (χ3n) is 5.73. The summed E-state index contributed by atoms with van der Waals surface area (Å²) < 4.78 is 43.3. The van der Waals surface area contributed by atoms with E-state index in [0.717, 1.165) is 62.5 Å². The van der Waals surface area contributed by atoms with Crippen LogP contribution >= 0.6 is 0 Å². The molecular formula is C21H25F3N4O2. The number of benzene rings is 1. The van der Waals surface area contributed by atoms with E-state index in [1.807, 2.05) is 11.0 Å². The third-order valence-corrected chi connectivity index (χ3v) is 5.73. The molecule has 0 radical (unpaired) electrons. The Morgan fingerprint density at radius 3 is 2.63 bits per heavy atom. The number of nitrogens with zero attached hydrogens (tertiary/aromatic N) is 3. The summed E-state index contributed by atoms with van der Waals surface area (Å²) in [4.78, 5) is 16.2. The molecule has 0 aliphatic carbocycles. The maximum atomic E-state index is 12.6. The van der Waals surface area contributed by atoms with E-state index >= 15 is 0 Å². The van der Waals surface area contributed by atoms with Gasteiger partial charge in [-0.15, -0.1) is 0 Å². The van der Waals surface area contributed by atoms with Crippen molar-refractivity contribution in [2.45, 2.75) is 31.4 Å². The smallest absolute Gasteiger partial charge is 0.416 e. The standard InChI is InChI=1S/C21H25F3N4O2/c22-21(23,24)16-2-4-18(5-3-16)30-11-7-17-12-19(26-25-17)15-6-10-27(13-15)14-20(29)28-8-1-9-28/h2-5,12,15H,1,6-11,13-14H2,(H,25,26). The van der Waals surface area contributed by atoms with Crippen LogP contribution in [-0.2, 0) is 17.4 Å². The zero-order chi connectivity index (χ0) is 21.1. The zero-order valence-corrected chi connectivity index (χ0v) is 16.6. The molecule has 0 bridgehead atoms. The van der Waals surface area contributed by atoms with Gasteiger partial charge in [0.15, 0.2) is 0 Å². The van der Waals surface area contributed by atoms with Crippen molar-refractivity contribution in [3.8, 4) is 5.75 Å². The van der Waals surface area contributed by atoms with Crippen molar-refractivity contribution in [1.82, 2.24) is 20.0 Å². The minimum atomic E-state index is -4.34. The van der Waals surface area contributed by atoms with Crippen LogP contribution in [0.25, 0.3) is 0 Å². The Hall–Kier alpha value is -2.55. The van der Waals surface area contributed by atoms with Crippen molar-refractivity contribution in [3.63, 3.8) is 0 Å². The van der Waals surface area contributed by atoms with Crippen molar-refractivity contribution in [3.05, 3.63) is 47.3 Å². The van der Waals surface area contributed by atoms with Gasteiger partial charge < -0.3 is 9.64 Å². The molecule has 2 fully saturated rings. The van der Waals surface area contributed by atoms with Gasteiger partial charge in [-0.25, -0.2) is 0 Å². The highest BCUT2D eigenvalue weighted by Crippen LogP contribution is 2.30. The molecule has 1 aromatic carbocycles. The number of ether oxygens (including phenoxy) is 1. The quantitative estimate of drug-likeness (QED) is 0.745. The van der Waals surface area contributed by atoms with Crippen molar-refractivity contribution >= 4 is 5.91 Å².